The normalized spacial score (nSPS) is 23.4. The number of nitrogens with zero attached hydrogens (tertiary/aromatic N) is 2. The summed E-state index contributed by atoms with van der Waals surface area (Å²) in [6, 6.07) is 0. The summed E-state index contributed by atoms with van der Waals surface area (Å²) in [6.07, 6.45) is 11.0. The Morgan fingerprint density at radius 3 is 2.90 bits per heavy atom. The van der Waals surface area contributed by atoms with Gasteiger partial charge in [-0.25, -0.2) is 4.79 Å². The molecule has 1 atom stereocenters. The van der Waals surface area contributed by atoms with Gasteiger partial charge in [0.1, 0.15) is 0 Å². The Balaban J connectivity index is 1.75. The van der Waals surface area contributed by atoms with E-state index in [1.54, 1.807) is 7.05 Å². The fourth-order valence-corrected chi connectivity index (χ4v) is 2.70. The van der Waals surface area contributed by atoms with Gasteiger partial charge in [-0.05, 0) is 19.3 Å². The molecule has 0 aromatic rings. The van der Waals surface area contributed by atoms with E-state index in [1.165, 1.54) is 7.11 Å². The van der Waals surface area contributed by atoms with E-state index in [0.29, 0.717) is 18.3 Å². The van der Waals surface area contributed by atoms with Crippen molar-refractivity contribution < 1.29 is 14.3 Å². The third-order valence-corrected chi connectivity index (χ3v) is 3.87. The quantitative estimate of drug-likeness (QED) is 0.440. The zero-order chi connectivity index (χ0) is 15.1. The lowest BCUT2D eigenvalue weighted by Crippen LogP contribution is -2.36. The van der Waals surface area contributed by atoms with Crippen molar-refractivity contribution in [2.24, 2.45) is 10.9 Å². The molecule has 1 fully saturated rings. The number of aliphatic imine (C=N–C) groups is 1. The summed E-state index contributed by atoms with van der Waals surface area (Å²) in [5, 5.41) is 0. The molecule has 116 valence electrons. The first kappa shape index (κ1) is 15.8. The first-order chi connectivity index (χ1) is 10.2. The average Bonchev–Trinajstić information content (AvgIpc) is 2.54. The summed E-state index contributed by atoms with van der Waals surface area (Å²) in [7, 11) is 3.20. The highest BCUT2D eigenvalue weighted by atomic mass is 16.5. The van der Waals surface area contributed by atoms with E-state index in [4.69, 9.17) is 9.47 Å². The molecule has 0 saturated carbocycles. The van der Waals surface area contributed by atoms with Crippen molar-refractivity contribution in [1.82, 2.24) is 4.90 Å². The smallest absolute Gasteiger partial charge is 0.337 e. The topological polar surface area (TPSA) is 51.1 Å². The van der Waals surface area contributed by atoms with Gasteiger partial charge in [0.25, 0.3) is 0 Å². The number of ether oxygens (including phenoxy) is 2. The lowest BCUT2D eigenvalue weighted by atomic mass is 9.97. The minimum Gasteiger partial charge on any atom is -0.465 e. The zero-order valence-electron chi connectivity index (χ0n) is 12.8. The summed E-state index contributed by atoms with van der Waals surface area (Å²) >= 11 is 0. The van der Waals surface area contributed by atoms with Gasteiger partial charge in [0, 0.05) is 26.1 Å². The molecule has 0 amide bonds. The molecule has 5 nitrogen and oxygen atoms in total. The monoisotopic (exact) mass is 292 g/mol. The van der Waals surface area contributed by atoms with E-state index in [1.807, 2.05) is 24.6 Å². The number of carbonyl (C=O) groups excluding carboxylic acids is 1. The number of hydrogen-bond acceptors (Lipinski definition) is 4. The van der Waals surface area contributed by atoms with Gasteiger partial charge in [-0.3, -0.25) is 4.99 Å². The predicted molar refractivity (Wildman–Crippen MR) is 82.3 cm³/mol. The molecule has 0 N–H and O–H groups in total. The molecule has 1 aliphatic heterocycles. The first-order valence-corrected chi connectivity index (χ1v) is 7.47. The Bertz CT molecular complexity index is 435. The molecule has 0 spiro atoms. The van der Waals surface area contributed by atoms with Crippen molar-refractivity contribution in [3.63, 3.8) is 0 Å². The van der Waals surface area contributed by atoms with Crippen LogP contribution < -0.4 is 0 Å². The van der Waals surface area contributed by atoms with Crippen LogP contribution in [0.3, 0.4) is 0 Å². The van der Waals surface area contributed by atoms with E-state index >= 15 is 0 Å². The van der Waals surface area contributed by atoms with E-state index in [2.05, 4.69) is 9.89 Å². The molecule has 0 aromatic heterocycles. The average molecular weight is 292 g/mol. The van der Waals surface area contributed by atoms with Crippen LogP contribution in [-0.2, 0) is 14.3 Å². The lowest BCUT2D eigenvalue weighted by molar-refractivity contribution is -0.135. The van der Waals surface area contributed by atoms with Crippen LogP contribution in [0.4, 0.5) is 0 Å². The van der Waals surface area contributed by atoms with Gasteiger partial charge in [-0.2, -0.15) is 0 Å². The first-order valence-electron chi connectivity index (χ1n) is 7.47. The third kappa shape index (κ3) is 4.70. The predicted octanol–water partition coefficient (Wildman–Crippen LogP) is 1.80. The second-order valence-electron chi connectivity index (χ2n) is 5.45. The molecule has 1 unspecified atom stereocenters. The zero-order valence-corrected chi connectivity index (χ0v) is 12.8. The minimum absolute atomic E-state index is 0.263. The second-order valence-corrected chi connectivity index (χ2v) is 5.45. The van der Waals surface area contributed by atoms with Crippen LogP contribution in [0.2, 0.25) is 0 Å². The number of esters is 1. The highest BCUT2D eigenvalue weighted by Crippen LogP contribution is 2.20. The van der Waals surface area contributed by atoms with Gasteiger partial charge < -0.3 is 14.4 Å². The fourth-order valence-electron chi connectivity index (χ4n) is 2.70. The lowest BCUT2D eigenvalue weighted by Gasteiger charge is -2.31. The molecule has 5 heteroatoms. The standard InChI is InChI=1S/C16H24N2O3/c1-17-12-18-8-6-15(7-9-18)21-11-13-4-3-5-14(10-13)16(19)20-2/h3,5,10,12-13,15H,4,6-9,11H2,1-2H3. The minimum atomic E-state index is -0.275. The molecule has 2 rings (SSSR count). The van der Waals surface area contributed by atoms with Gasteiger partial charge >= 0.3 is 5.97 Å². The van der Waals surface area contributed by atoms with Crippen LogP contribution in [0, 0.1) is 5.92 Å². The van der Waals surface area contributed by atoms with Crippen LogP contribution in [0.1, 0.15) is 19.3 Å². The van der Waals surface area contributed by atoms with E-state index in [-0.39, 0.29) is 11.9 Å². The van der Waals surface area contributed by atoms with Crippen LogP contribution in [-0.4, -0.2) is 57.2 Å². The summed E-state index contributed by atoms with van der Waals surface area (Å²) in [6.45, 7) is 2.66. The van der Waals surface area contributed by atoms with Crippen molar-refractivity contribution in [2.45, 2.75) is 25.4 Å². The summed E-state index contributed by atoms with van der Waals surface area (Å²) < 4.78 is 10.8. The molecule has 21 heavy (non-hydrogen) atoms. The molecule has 2 aliphatic rings. The van der Waals surface area contributed by atoms with Crippen molar-refractivity contribution >= 4 is 12.3 Å². The second kappa shape index (κ2) is 7.98. The molecule has 1 heterocycles. The van der Waals surface area contributed by atoms with Crippen LogP contribution in [0.5, 0.6) is 0 Å². The molecule has 0 bridgehead atoms. The Kier molecular flexibility index (Phi) is 5.99. The van der Waals surface area contributed by atoms with Gasteiger partial charge in [0.05, 0.1) is 31.7 Å². The van der Waals surface area contributed by atoms with Crippen LogP contribution in [0.15, 0.2) is 28.8 Å². The number of rotatable bonds is 5. The van der Waals surface area contributed by atoms with Gasteiger partial charge in [0.2, 0.25) is 0 Å². The molecule has 1 aliphatic carbocycles. The number of likely N-dealkylation sites (tertiary alicyclic amines) is 1. The third-order valence-electron chi connectivity index (χ3n) is 3.87. The Morgan fingerprint density at radius 2 is 2.24 bits per heavy atom. The maximum Gasteiger partial charge on any atom is 0.337 e. The highest BCUT2D eigenvalue weighted by molar-refractivity contribution is 5.91. The van der Waals surface area contributed by atoms with Crippen LogP contribution in [0.25, 0.3) is 0 Å². The number of methoxy groups -OCH3 is 1. The largest absolute Gasteiger partial charge is 0.465 e. The Hall–Kier alpha value is -1.62. The van der Waals surface area contributed by atoms with E-state index in [9.17, 15) is 4.79 Å². The molecule has 0 radical (unpaired) electrons. The maximum atomic E-state index is 11.5. The number of allylic oxidation sites excluding steroid dienone is 1. The summed E-state index contributed by atoms with van der Waals surface area (Å²) in [5.74, 6) is -0.0116. The molecule has 1 saturated heterocycles. The number of piperidine rings is 1. The van der Waals surface area contributed by atoms with Gasteiger partial charge in [0.15, 0.2) is 0 Å². The number of hydrogen-bond donors (Lipinski definition) is 0. The molecular weight excluding hydrogens is 268 g/mol. The fraction of sp³-hybridized carbons (Fsp3) is 0.625. The Labute approximate surface area is 126 Å². The highest BCUT2D eigenvalue weighted by Gasteiger charge is 2.20. The molecule has 0 aromatic carbocycles. The van der Waals surface area contributed by atoms with Crippen molar-refractivity contribution in [3.05, 3.63) is 23.8 Å². The van der Waals surface area contributed by atoms with Crippen molar-refractivity contribution in [2.75, 3.05) is 33.9 Å². The summed E-state index contributed by atoms with van der Waals surface area (Å²) in [4.78, 5) is 17.8. The maximum absolute atomic E-state index is 11.5. The van der Waals surface area contributed by atoms with Gasteiger partial charge in [-0.1, -0.05) is 18.2 Å². The Morgan fingerprint density at radius 1 is 1.48 bits per heavy atom. The van der Waals surface area contributed by atoms with Crippen molar-refractivity contribution in [3.8, 4) is 0 Å². The molecular formula is C16H24N2O3. The number of carbonyl (C=O) groups is 1. The summed E-state index contributed by atoms with van der Waals surface area (Å²) in [5.41, 5.74) is 0.631. The SMILES string of the molecule is CN=CN1CCC(OCC2C=C(C(=O)OC)C=CC2)CC1. The van der Waals surface area contributed by atoms with Gasteiger partial charge in [-0.15, -0.1) is 0 Å². The van der Waals surface area contributed by atoms with E-state index < -0.39 is 0 Å². The van der Waals surface area contributed by atoms with Crippen LogP contribution >= 0.6 is 0 Å². The van der Waals surface area contributed by atoms with E-state index in [0.717, 1.165) is 32.4 Å². The van der Waals surface area contributed by atoms with Crippen molar-refractivity contribution in [1.29, 1.82) is 0 Å².